The summed E-state index contributed by atoms with van der Waals surface area (Å²) >= 11 is 0. The lowest BCUT2D eigenvalue weighted by atomic mass is 9.79. The molecule has 2 heterocycles. The summed E-state index contributed by atoms with van der Waals surface area (Å²) in [5.74, 6) is -1.86. The van der Waals surface area contributed by atoms with Gasteiger partial charge in [-0.2, -0.15) is 17.6 Å². The van der Waals surface area contributed by atoms with Crippen LogP contribution < -0.4 is 15.5 Å². The van der Waals surface area contributed by atoms with Crippen molar-refractivity contribution in [3.8, 4) is 0 Å². The second-order valence-corrected chi connectivity index (χ2v) is 9.47. The van der Waals surface area contributed by atoms with Gasteiger partial charge in [0.15, 0.2) is 11.6 Å². The van der Waals surface area contributed by atoms with Crippen LogP contribution >= 0.6 is 0 Å². The number of hydrogen-bond acceptors (Lipinski definition) is 7. The molecule has 0 radical (unpaired) electrons. The molecule has 1 aliphatic heterocycles. The molecule has 0 bridgehead atoms. The number of anilines is 2. The second-order valence-electron chi connectivity index (χ2n) is 9.47. The molecule has 1 aromatic heterocycles. The summed E-state index contributed by atoms with van der Waals surface area (Å²) in [6.07, 6.45) is -1.66. The first-order valence-electron chi connectivity index (χ1n) is 11.3. The molecule has 1 saturated heterocycles. The average Bonchev–Trinajstić information content (AvgIpc) is 3.43. The zero-order valence-corrected chi connectivity index (χ0v) is 18.1. The Morgan fingerprint density at radius 2 is 1.97 bits per heavy atom. The lowest BCUT2D eigenvalue weighted by Crippen LogP contribution is -2.57. The van der Waals surface area contributed by atoms with E-state index in [2.05, 4.69) is 20.6 Å². The molecule has 32 heavy (non-hydrogen) atoms. The van der Waals surface area contributed by atoms with E-state index in [0.717, 1.165) is 6.42 Å². The van der Waals surface area contributed by atoms with Crippen molar-refractivity contribution in [1.29, 1.82) is 0 Å². The molecule has 1 unspecified atom stereocenters. The normalized spacial score (nSPS) is 35.0. The van der Waals surface area contributed by atoms with E-state index in [9.17, 15) is 23.4 Å². The summed E-state index contributed by atoms with van der Waals surface area (Å²) in [6.45, 7) is 3.06. The van der Waals surface area contributed by atoms with Crippen LogP contribution in [0.4, 0.5) is 29.2 Å². The van der Waals surface area contributed by atoms with Gasteiger partial charge in [0, 0.05) is 25.7 Å². The lowest BCUT2D eigenvalue weighted by molar-refractivity contribution is -0.184. The SMILES string of the molecule is CCN(c1ncnc(NC[C@@]2(O)CCNC[C@@H]2O)c1F)C1CC12CCC(C(F)(F)F)CC2. The van der Waals surface area contributed by atoms with Crippen LogP contribution in [0.25, 0.3) is 0 Å². The van der Waals surface area contributed by atoms with Gasteiger partial charge in [-0.1, -0.05) is 0 Å². The summed E-state index contributed by atoms with van der Waals surface area (Å²) in [6, 6.07) is -0.0469. The first-order chi connectivity index (χ1) is 15.1. The molecule has 180 valence electrons. The third-order valence-electron chi connectivity index (χ3n) is 7.61. The van der Waals surface area contributed by atoms with E-state index in [1.807, 2.05) is 11.8 Å². The third kappa shape index (κ3) is 4.38. The largest absolute Gasteiger partial charge is 0.391 e. The van der Waals surface area contributed by atoms with Crippen LogP contribution in [0.2, 0.25) is 0 Å². The smallest absolute Gasteiger partial charge is 0.389 e. The monoisotopic (exact) mass is 461 g/mol. The van der Waals surface area contributed by atoms with Crippen LogP contribution in [-0.2, 0) is 0 Å². The van der Waals surface area contributed by atoms with Gasteiger partial charge < -0.3 is 25.7 Å². The van der Waals surface area contributed by atoms with Crippen molar-refractivity contribution in [3.05, 3.63) is 12.1 Å². The third-order valence-corrected chi connectivity index (χ3v) is 7.61. The van der Waals surface area contributed by atoms with Crippen molar-refractivity contribution in [2.45, 2.75) is 69.4 Å². The van der Waals surface area contributed by atoms with Gasteiger partial charge >= 0.3 is 6.18 Å². The average molecular weight is 462 g/mol. The molecule has 3 aliphatic rings. The number of β-amino-alcohol motifs (C(OH)–C–C–N with tert-alkyl or cyclic N) is 1. The van der Waals surface area contributed by atoms with E-state index in [1.54, 1.807) is 0 Å². The first kappa shape index (κ1) is 23.4. The van der Waals surface area contributed by atoms with Gasteiger partial charge in [-0.15, -0.1) is 0 Å². The van der Waals surface area contributed by atoms with Gasteiger partial charge in [0.2, 0.25) is 5.82 Å². The fourth-order valence-electron chi connectivity index (χ4n) is 5.37. The summed E-state index contributed by atoms with van der Waals surface area (Å²) in [7, 11) is 0. The number of alkyl halides is 3. The van der Waals surface area contributed by atoms with Crippen LogP contribution in [0.3, 0.4) is 0 Å². The Labute approximate surface area is 184 Å². The van der Waals surface area contributed by atoms with Crippen molar-refractivity contribution in [3.63, 3.8) is 0 Å². The molecule has 0 aromatic carbocycles. The minimum atomic E-state index is -4.15. The van der Waals surface area contributed by atoms with E-state index < -0.39 is 29.6 Å². The Morgan fingerprint density at radius 3 is 2.59 bits per heavy atom. The van der Waals surface area contributed by atoms with Crippen molar-refractivity contribution >= 4 is 11.6 Å². The van der Waals surface area contributed by atoms with Crippen LogP contribution in [0.1, 0.15) is 45.4 Å². The van der Waals surface area contributed by atoms with Crippen LogP contribution in [0, 0.1) is 17.2 Å². The molecule has 3 atom stereocenters. The fraction of sp³-hybridized carbons (Fsp3) is 0.810. The Balaban J connectivity index is 1.44. The number of nitrogens with one attached hydrogen (secondary N) is 2. The molecule has 2 saturated carbocycles. The number of nitrogens with zero attached hydrogens (tertiary/aromatic N) is 3. The lowest BCUT2D eigenvalue weighted by Gasteiger charge is -2.37. The van der Waals surface area contributed by atoms with Crippen molar-refractivity contribution < 1.29 is 27.8 Å². The summed E-state index contributed by atoms with van der Waals surface area (Å²) in [4.78, 5) is 9.91. The number of aliphatic hydroxyl groups is 2. The van der Waals surface area contributed by atoms with Crippen LogP contribution in [0.5, 0.6) is 0 Å². The highest BCUT2D eigenvalue weighted by molar-refractivity contribution is 5.53. The first-order valence-corrected chi connectivity index (χ1v) is 11.3. The van der Waals surface area contributed by atoms with Gasteiger partial charge in [-0.3, -0.25) is 0 Å². The van der Waals surface area contributed by atoms with E-state index in [1.165, 1.54) is 6.33 Å². The number of rotatable bonds is 6. The van der Waals surface area contributed by atoms with Gasteiger partial charge in [0.1, 0.15) is 11.9 Å². The molecule has 11 heteroatoms. The van der Waals surface area contributed by atoms with Crippen LogP contribution in [0.15, 0.2) is 6.33 Å². The highest BCUT2D eigenvalue weighted by atomic mass is 19.4. The van der Waals surface area contributed by atoms with E-state index in [0.29, 0.717) is 32.4 Å². The maximum Gasteiger partial charge on any atom is 0.391 e. The molecule has 4 N–H and O–H groups in total. The highest BCUT2D eigenvalue weighted by Crippen LogP contribution is 2.61. The Kier molecular flexibility index (Phi) is 6.28. The van der Waals surface area contributed by atoms with Gasteiger partial charge in [0.05, 0.1) is 12.0 Å². The molecule has 1 aromatic rings. The zero-order valence-electron chi connectivity index (χ0n) is 18.1. The molecular weight excluding hydrogens is 430 g/mol. The number of halogens is 4. The molecule has 7 nitrogen and oxygen atoms in total. The summed E-state index contributed by atoms with van der Waals surface area (Å²) in [5, 5.41) is 26.5. The van der Waals surface area contributed by atoms with Gasteiger partial charge in [-0.25, -0.2) is 9.97 Å². The predicted molar refractivity (Wildman–Crippen MR) is 111 cm³/mol. The molecule has 4 rings (SSSR count). The standard InChI is InChI=1S/C21H31F4N5O2/c1-2-30(14-9-19(14)5-3-13(4-6-19)21(23,24)25)18-16(22)17(28-12-29-18)27-11-20(32)7-8-26-10-15(20)31/h12-15,26,31-32H,2-11H2,1H3,(H,27,28,29)/t13?,14?,15-,19?,20-/m0/s1. The topological polar surface area (TPSA) is 93.5 Å². The number of hydrogen-bond donors (Lipinski definition) is 4. The minimum Gasteiger partial charge on any atom is -0.389 e. The zero-order chi connectivity index (χ0) is 23.1. The molecule has 1 spiro atoms. The highest BCUT2D eigenvalue weighted by Gasteiger charge is 2.60. The van der Waals surface area contributed by atoms with Gasteiger partial charge in [0.25, 0.3) is 0 Å². The predicted octanol–water partition coefficient (Wildman–Crippen LogP) is 2.45. The van der Waals surface area contributed by atoms with Crippen molar-refractivity contribution in [2.24, 2.45) is 11.3 Å². The minimum absolute atomic E-state index is 0.0469. The molecule has 0 amide bonds. The van der Waals surface area contributed by atoms with Crippen molar-refractivity contribution in [1.82, 2.24) is 15.3 Å². The fourth-order valence-corrected chi connectivity index (χ4v) is 5.37. The van der Waals surface area contributed by atoms with E-state index >= 15 is 4.39 Å². The van der Waals surface area contributed by atoms with Crippen molar-refractivity contribution in [2.75, 3.05) is 36.4 Å². The molecule has 3 fully saturated rings. The quantitative estimate of drug-likeness (QED) is 0.484. The Bertz CT molecular complexity index is 818. The summed E-state index contributed by atoms with van der Waals surface area (Å²) < 4.78 is 54.4. The second kappa shape index (κ2) is 8.57. The molecular formula is C21H31F4N5O2. The number of aliphatic hydroxyl groups excluding tert-OH is 1. The van der Waals surface area contributed by atoms with Gasteiger partial charge in [-0.05, 0) is 57.4 Å². The Morgan fingerprint density at radius 1 is 1.25 bits per heavy atom. The van der Waals surface area contributed by atoms with E-state index in [4.69, 9.17) is 0 Å². The van der Waals surface area contributed by atoms with Crippen LogP contribution in [-0.4, -0.2) is 70.3 Å². The summed E-state index contributed by atoms with van der Waals surface area (Å²) in [5.41, 5.74) is -1.61. The maximum absolute atomic E-state index is 15.3. The molecule has 2 aliphatic carbocycles. The maximum atomic E-state index is 15.3. The Hall–Kier alpha value is -1.72. The number of aromatic nitrogens is 2. The van der Waals surface area contributed by atoms with E-state index in [-0.39, 0.29) is 49.0 Å². The number of piperidine rings is 1.